The highest BCUT2D eigenvalue weighted by Crippen LogP contribution is 2.29. The number of amides is 3. The molecule has 148 valence electrons. The number of benzene rings is 1. The molecule has 4 rings (SSSR count). The molecule has 1 saturated heterocycles. The second kappa shape index (κ2) is 7.92. The van der Waals surface area contributed by atoms with Gasteiger partial charge in [-0.05, 0) is 47.8 Å². The SMILES string of the molecule is COc1ccc(N2C(=O)CC(N(Cc3cccs3)C(=O)c3ccco3)C2=O)cc1. The van der Waals surface area contributed by atoms with E-state index in [1.165, 1.54) is 22.5 Å². The van der Waals surface area contributed by atoms with Crippen molar-refractivity contribution in [3.63, 3.8) is 0 Å². The van der Waals surface area contributed by atoms with Gasteiger partial charge in [0, 0.05) is 4.88 Å². The van der Waals surface area contributed by atoms with E-state index < -0.39 is 17.9 Å². The molecular formula is C21H18N2O5S. The van der Waals surface area contributed by atoms with Crippen LogP contribution in [0.2, 0.25) is 0 Å². The molecule has 0 bridgehead atoms. The standard InChI is InChI=1S/C21H18N2O5S/c1-27-15-8-6-14(7-9-15)23-19(24)12-17(20(23)25)22(13-16-4-3-11-29-16)21(26)18-5-2-10-28-18/h2-11,17H,12-13H2,1H3. The molecule has 1 unspecified atom stereocenters. The fraction of sp³-hybridized carbons (Fsp3) is 0.190. The summed E-state index contributed by atoms with van der Waals surface area (Å²) < 4.78 is 10.4. The van der Waals surface area contributed by atoms with Gasteiger partial charge in [0.2, 0.25) is 5.91 Å². The van der Waals surface area contributed by atoms with Gasteiger partial charge in [0.15, 0.2) is 5.76 Å². The zero-order chi connectivity index (χ0) is 20.4. The average molecular weight is 410 g/mol. The maximum absolute atomic E-state index is 13.2. The van der Waals surface area contributed by atoms with Crippen LogP contribution in [0.4, 0.5) is 5.69 Å². The summed E-state index contributed by atoms with van der Waals surface area (Å²) in [4.78, 5) is 42.3. The van der Waals surface area contributed by atoms with Crippen LogP contribution in [-0.4, -0.2) is 35.8 Å². The number of furan rings is 1. The predicted molar refractivity (Wildman–Crippen MR) is 107 cm³/mol. The number of carbonyl (C=O) groups is 3. The highest BCUT2D eigenvalue weighted by atomic mass is 32.1. The van der Waals surface area contributed by atoms with Crippen molar-refractivity contribution in [3.8, 4) is 5.75 Å². The van der Waals surface area contributed by atoms with E-state index >= 15 is 0 Å². The van der Waals surface area contributed by atoms with Crippen LogP contribution >= 0.6 is 11.3 Å². The molecule has 1 fully saturated rings. The van der Waals surface area contributed by atoms with Gasteiger partial charge in [-0.1, -0.05) is 6.07 Å². The van der Waals surface area contributed by atoms with Crippen molar-refractivity contribution >= 4 is 34.7 Å². The van der Waals surface area contributed by atoms with E-state index in [0.29, 0.717) is 11.4 Å². The zero-order valence-corrected chi connectivity index (χ0v) is 16.4. The Bertz CT molecular complexity index is 1010. The second-order valence-corrected chi connectivity index (χ2v) is 7.51. The quantitative estimate of drug-likeness (QED) is 0.583. The van der Waals surface area contributed by atoms with Crippen molar-refractivity contribution in [2.45, 2.75) is 19.0 Å². The van der Waals surface area contributed by atoms with Crippen LogP contribution < -0.4 is 9.64 Å². The zero-order valence-electron chi connectivity index (χ0n) is 15.6. The minimum Gasteiger partial charge on any atom is -0.497 e. The van der Waals surface area contributed by atoms with Crippen LogP contribution in [0, 0.1) is 0 Å². The molecule has 1 atom stereocenters. The third kappa shape index (κ3) is 3.66. The minimum absolute atomic E-state index is 0.0807. The molecule has 0 radical (unpaired) electrons. The molecule has 1 aliphatic heterocycles. The van der Waals surface area contributed by atoms with E-state index in [-0.39, 0.29) is 24.6 Å². The van der Waals surface area contributed by atoms with E-state index in [2.05, 4.69) is 0 Å². The molecular weight excluding hydrogens is 392 g/mol. The largest absolute Gasteiger partial charge is 0.497 e. The number of methoxy groups -OCH3 is 1. The Morgan fingerprint density at radius 2 is 2.00 bits per heavy atom. The summed E-state index contributed by atoms with van der Waals surface area (Å²) in [5.74, 6) is -0.460. The molecule has 3 amide bonds. The Kier molecular flexibility index (Phi) is 5.18. The van der Waals surface area contributed by atoms with E-state index in [1.54, 1.807) is 43.5 Å². The summed E-state index contributed by atoms with van der Waals surface area (Å²) in [7, 11) is 1.54. The van der Waals surface area contributed by atoms with E-state index in [4.69, 9.17) is 9.15 Å². The van der Waals surface area contributed by atoms with Crippen LogP contribution in [0.3, 0.4) is 0 Å². The van der Waals surface area contributed by atoms with Crippen molar-refractivity contribution in [2.24, 2.45) is 0 Å². The van der Waals surface area contributed by atoms with Crippen molar-refractivity contribution < 1.29 is 23.5 Å². The van der Waals surface area contributed by atoms with Crippen molar-refractivity contribution in [1.29, 1.82) is 0 Å². The lowest BCUT2D eigenvalue weighted by atomic mass is 10.2. The number of imide groups is 1. The lowest BCUT2D eigenvalue weighted by molar-refractivity contribution is -0.122. The Morgan fingerprint density at radius 1 is 1.21 bits per heavy atom. The van der Waals surface area contributed by atoms with Gasteiger partial charge in [-0.15, -0.1) is 11.3 Å². The number of carbonyl (C=O) groups excluding carboxylic acids is 3. The summed E-state index contributed by atoms with van der Waals surface area (Å²) in [6, 6.07) is 12.7. The van der Waals surface area contributed by atoms with Crippen molar-refractivity contribution in [3.05, 3.63) is 70.8 Å². The van der Waals surface area contributed by atoms with Crippen LogP contribution in [0.25, 0.3) is 0 Å². The molecule has 29 heavy (non-hydrogen) atoms. The molecule has 3 aromatic rings. The van der Waals surface area contributed by atoms with Crippen LogP contribution in [-0.2, 0) is 16.1 Å². The molecule has 2 aromatic heterocycles. The molecule has 1 aromatic carbocycles. The minimum atomic E-state index is -0.899. The highest BCUT2D eigenvalue weighted by Gasteiger charge is 2.45. The topological polar surface area (TPSA) is 80.1 Å². The van der Waals surface area contributed by atoms with Gasteiger partial charge in [-0.25, -0.2) is 4.90 Å². The molecule has 0 spiro atoms. The number of nitrogens with zero attached hydrogens (tertiary/aromatic N) is 2. The van der Waals surface area contributed by atoms with E-state index in [1.807, 2.05) is 17.5 Å². The lowest BCUT2D eigenvalue weighted by Crippen LogP contribution is -2.44. The maximum atomic E-state index is 13.2. The fourth-order valence-electron chi connectivity index (χ4n) is 3.30. The summed E-state index contributed by atoms with van der Waals surface area (Å²) >= 11 is 1.48. The Balaban J connectivity index is 1.64. The average Bonchev–Trinajstić information content (AvgIpc) is 3.48. The van der Waals surface area contributed by atoms with E-state index in [9.17, 15) is 14.4 Å². The van der Waals surface area contributed by atoms with Gasteiger partial charge >= 0.3 is 0 Å². The highest BCUT2D eigenvalue weighted by molar-refractivity contribution is 7.09. The molecule has 0 saturated carbocycles. The molecule has 1 aliphatic rings. The maximum Gasteiger partial charge on any atom is 0.290 e. The monoisotopic (exact) mass is 410 g/mol. The molecule has 3 heterocycles. The molecule has 8 heteroatoms. The fourth-order valence-corrected chi connectivity index (χ4v) is 4.00. The van der Waals surface area contributed by atoms with Gasteiger partial charge in [-0.3, -0.25) is 14.4 Å². The lowest BCUT2D eigenvalue weighted by Gasteiger charge is -2.26. The molecule has 7 nitrogen and oxygen atoms in total. The summed E-state index contributed by atoms with van der Waals surface area (Å²) in [5, 5.41) is 1.90. The Morgan fingerprint density at radius 3 is 2.62 bits per heavy atom. The van der Waals surface area contributed by atoms with E-state index in [0.717, 1.165) is 9.78 Å². The van der Waals surface area contributed by atoms with Crippen LogP contribution in [0.15, 0.2) is 64.6 Å². The van der Waals surface area contributed by atoms with Crippen LogP contribution in [0.1, 0.15) is 21.9 Å². The number of hydrogen-bond donors (Lipinski definition) is 0. The van der Waals surface area contributed by atoms with Crippen LogP contribution in [0.5, 0.6) is 5.75 Å². The first-order valence-electron chi connectivity index (χ1n) is 8.96. The second-order valence-electron chi connectivity index (χ2n) is 6.48. The number of anilines is 1. The smallest absolute Gasteiger partial charge is 0.290 e. The van der Waals surface area contributed by atoms with Crippen molar-refractivity contribution in [2.75, 3.05) is 12.0 Å². The number of hydrogen-bond acceptors (Lipinski definition) is 6. The molecule has 0 aliphatic carbocycles. The van der Waals surface area contributed by atoms with Gasteiger partial charge < -0.3 is 14.1 Å². The summed E-state index contributed by atoms with van der Waals surface area (Å²) in [6.07, 6.45) is 1.32. The first-order valence-corrected chi connectivity index (χ1v) is 9.84. The third-order valence-corrected chi connectivity index (χ3v) is 5.59. The number of rotatable bonds is 6. The van der Waals surface area contributed by atoms with Gasteiger partial charge in [0.25, 0.3) is 11.8 Å². The summed E-state index contributed by atoms with van der Waals surface area (Å²) in [6.45, 7) is 0.220. The van der Waals surface area contributed by atoms with Gasteiger partial charge in [0.1, 0.15) is 11.8 Å². The number of thiophene rings is 1. The van der Waals surface area contributed by atoms with Gasteiger partial charge in [0.05, 0.1) is 32.0 Å². The first-order chi connectivity index (χ1) is 14.1. The van der Waals surface area contributed by atoms with Crippen molar-refractivity contribution in [1.82, 2.24) is 4.90 Å². The first kappa shape index (κ1) is 18.9. The predicted octanol–water partition coefficient (Wildman–Crippen LogP) is 3.32. The Labute approximate surface area is 171 Å². The Hall–Kier alpha value is -3.39. The van der Waals surface area contributed by atoms with Gasteiger partial charge in [-0.2, -0.15) is 0 Å². The summed E-state index contributed by atoms with van der Waals surface area (Å²) in [5.41, 5.74) is 0.449. The normalized spacial score (nSPS) is 16.3. The third-order valence-electron chi connectivity index (χ3n) is 4.73. The number of ether oxygens (including phenoxy) is 1. The molecule has 0 N–H and O–H groups in total.